The van der Waals surface area contributed by atoms with Crippen LogP contribution in [0.1, 0.15) is 245 Å². The van der Waals surface area contributed by atoms with E-state index in [0.717, 1.165) is 96.3 Å². The van der Waals surface area contributed by atoms with Crippen LogP contribution in [0.2, 0.25) is 0 Å². The molecule has 0 aliphatic carbocycles. The molecule has 6 heteroatoms. The third kappa shape index (κ3) is 51.3. The summed E-state index contributed by atoms with van der Waals surface area (Å²) in [5.74, 6) is -0.978. The third-order valence-electron chi connectivity index (χ3n) is 11.3. The Morgan fingerprint density at radius 1 is 0.318 bits per heavy atom. The Hall–Kier alpha value is -3.67. The first-order chi connectivity index (χ1) is 32.5. The molecule has 0 amide bonds. The average Bonchev–Trinajstić information content (AvgIpc) is 3.31. The van der Waals surface area contributed by atoms with Gasteiger partial charge in [0, 0.05) is 19.3 Å². The van der Waals surface area contributed by atoms with Crippen molar-refractivity contribution in [3.63, 3.8) is 0 Å². The number of rotatable bonds is 48. The van der Waals surface area contributed by atoms with Crippen LogP contribution >= 0.6 is 0 Å². The van der Waals surface area contributed by atoms with Crippen molar-refractivity contribution in [2.24, 2.45) is 0 Å². The van der Waals surface area contributed by atoms with E-state index in [0.29, 0.717) is 19.3 Å². The van der Waals surface area contributed by atoms with Crippen LogP contribution in [0.4, 0.5) is 0 Å². The highest BCUT2D eigenvalue weighted by atomic mass is 16.6. The third-order valence-corrected chi connectivity index (χ3v) is 11.3. The minimum Gasteiger partial charge on any atom is -0.462 e. The molecule has 0 aromatic carbocycles. The molecule has 0 heterocycles. The fourth-order valence-electron chi connectivity index (χ4n) is 7.21. The van der Waals surface area contributed by atoms with E-state index >= 15 is 0 Å². The van der Waals surface area contributed by atoms with E-state index in [9.17, 15) is 14.4 Å². The Morgan fingerprint density at radius 3 is 0.985 bits per heavy atom. The Morgan fingerprint density at radius 2 is 0.606 bits per heavy atom. The second-order valence-corrected chi connectivity index (χ2v) is 17.7. The van der Waals surface area contributed by atoms with E-state index in [1.54, 1.807) is 0 Å². The van der Waals surface area contributed by atoms with Crippen molar-refractivity contribution in [3.05, 3.63) is 97.2 Å². The van der Waals surface area contributed by atoms with Crippen LogP contribution in [0.25, 0.3) is 0 Å². The molecule has 0 aromatic heterocycles. The molecule has 0 rings (SSSR count). The zero-order valence-corrected chi connectivity index (χ0v) is 42.9. The highest BCUT2D eigenvalue weighted by molar-refractivity contribution is 5.71. The molecule has 1 atom stereocenters. The van der Waals surface area contributed by atoms with Gasteiger partial charge in [-0.3, -0.25) is 14.4 Å². The highest BCUT2D eigenvalue weighted by Gasteiger charge is 2.19. The van der Waals surface area contributed by atoms with Gasteiger partial charge in [0.15, 0.2) is 6.10 Å². The second kappa shape index (κ2) is 53.9. The Labute approximate surface area is 407 Å². The van der Waals surface area contributed by atoms with Crippen molar-refractivity contribution in [2.75, 3.05) is 13.2 Å². The van der Waals surface area contributed by atoms with Crippen LogP contribution in [0.15, 0.2) is 97.2 Å². The van der Waals surface area contributed by atoms with Gasteiger partial charge in [0.05, 0.1) is 0 Å². The number of allylic oxidation sites excluding steroid dienone is 16. The molecular formula is C60H100O6. The average molecular weight is 917 g/mol. The van der Waals surface area contributed by atoms with Crippen LogP contribution in [-0.2, 0) is 28.6 Å². The van der Waals surface area contributed by atoms with Crippen molar-refractivity contribution < 1.29 is 28.6 Å². The number of carbonyl (C=O) groups excluding carboxylic acids is 3. The maximum absolute atomic E-state index is 12.8. The molecular weight excluding hydrogens is 817 g/mol. The summed E-state index contributed by atoms with van der Waals surface area (Å²) in [6, 6.07) is 0. The Kier molecular flexibility index (Phi) is 50.9. The van der Waals surface area contributed by atoms with Crippen LogP contribution < -0.4 is 0 Å². The van der Waals surface area contributed by atoms with E-state index < -0.39 is 6.10 Å². The molecule has 0 saturated carbocycles. The first kappa shape index (κ1) is 62.3. The van der Waals surface area contributed by atoms with Gasteiger partial charge in [-0.1, -0.05) is 208 Å². The molecule has 0 aliphatic heterocycles. The zero-order chi connectivity index (χ0) is 47.9. The summed E-state index contributed by atoms with van der Waals surface area (Å²) in [5.41, 5.74) is 0. The lowest BCUT2D eigenvalue weighted by atomic mass is 10.1. The summed E-state index contributed by atoms with van der Waals surface area (Å²) < 4.78 is 16.8. The molecule has 0 aliphatic rings. The van der Waals surface area contributed by atoms with Crippen LogP contribution in [0.3, 0.4) is 0 Å². The van der Waals surface area contributed by atoms with E-state index in [1.807, 2.05) is 0 Å². The number of hydrogen-bond donors (Lipinski definition) is 0. The van der Waals surface area contributed by atoms with Gasteiger partial charge in [-0.2, -0.15) is 0 Å². The second-order valence-electron chi connectivity index (χ2n) is 17.7. The Bertz CT molecular complexity index is 1330. The quantitative estimate of drug-likeness (QED) is 0.0262. The van der Waals surface area contributed by atoms with Gasteiger partial charge < -0.3 is 14.2 Å². The maximum Gasteiger partial charge on any atom is 0.306 e. The van der Waals surface area contributed by atoms with Crippen molar-refractivity contribution in [1.29, 1.82) is 0 Å². The van der Waals surface area contributed by atoms with E-state index in [-0.39, 0.29) is 37.5 Å². The standard InChI is InChI=1S/C60H100O6/c1-4-7-10-13-16-19-22-25-27-29-30-32-33-35-38-41-44-47-50-53-59(62)65-56-57(55-64-58(61)52-49-46-43-40-37-24-21-18-15-12-9-6-3)66-60(63)54-51-48-45-42-39-36-34-31-28-26-23-20-17-14-11-8-5-2/h8,11,16-21,25-28,34,36,42,45,57H,4-7,9-10,12-15,22-24,29-33,35,37-41,43-44,46-56H2,1-3H3/b11-8-,19-16-,20-17-,21-18-,27-25-,28-26-,36-34-,45-42-/t57-/m1/s1. The topological polar surface area (TPSA) is 78.9 Å². The molecule has 0 radical (unpaired) electrons. The van der Waals surface area contributed by atoms with Crippen LogP contribution in [-0.4, -0.2) is 37.2 Å². The van der Waals surface area contributed by atoms with E-state index in [2.05, 4.69) is 118 Å². The fraction of sp³-hybridized carbons (Fsp3) is 0.683. The molecule has 6 nitrogen and oxygen atoms in total. The summed E-state index contributed by atoms with van der Waals surface area (Å²) in [6.07, 6.45) is 71.1. The number of esters is 3. The van der Waals surface area contributed by atoms with Gasteiger partial charge in [0.1, 0.15) is 13.2 Å². The molecule has 66 heavy (non-hydrogen) atoms. The van der Waals surface area contributed by atoms with E-state index in [4.69, 9.17) is 14.2 Å². The minimum absolute atomic E-state index is 0.106. The first-order valence-electron chi connectivity index (χ1n) is 27.2. The summed E-state index contributed by atoms with van der Waals surface area (Å²) in [5, 5.41) is 0. The smallest absolute Gasteiger partial charge is 0.306 e. The first-order valence-corrected chi connectivity index (χ1v) is 27.2. The van der Waals surface area contributed by atoms with Gasteiger partial charge in [0.2, 0.25) is 0 Å². The van der Waals surface area contributed by atoms with Crippen LogP contribution in [0.5, 0.6) is 0 Å². The lowest BCUT2D eigenvalue weighted by Gasteiger charge is -2.18. The van der Waals surface area contributed by atoms with E-state index in [1.165, 1.54) is 103 Å². The van der Waals surface area contributed by atoms with Crippen molar-refractivity contribution >= 4 is 17.9 Å². The number of carbonyl (C=O) groups is 3. The predicted octanol–water partition coefficient (Wildman–Crippen LogP) is 18.1. The molecule has 0 spiro atoms. The normalized spacial score (nSPS) is 12.8. The van der Waals surface area contributed by atoms with Gasteiger partial charge >= 0.3 is 17.9 Å². The predicted molar refractivity (Wildman–Crippen MR) is 284 cm³/mol. The SMILES string of the molecule is CC/C=C\C/C=C\C/C=C\C/C=C\C/C=C\CCCC(=O)O[C@H](COC(=O)CCCCCCC/C=C\CCCCC)COC(=O)CCCCCCCCCCC/C=C\C/C=C\CCCCC. The maximum atomic E-state index is 12.8. The largest absolute Gasteiger partial charge is 0.462 e. The molecule has 0 aromatic rings. The monoisotopic (exact) mass is 917 g/mol. The van der Waals surface area contributed by atoms with Crippen molar-refractivity contribution in [2.45, 2.75) is 252 Å². The van der Waals surface area contributed by atoms with Gasteiger partial charge in [-0.25, -0.2) is 0 Å². The lowest BCUT2D eigenvalue weighted by molar-refractivity contribution is -0.167. The van der Waals surface area contributed by atoms with Crippen molar-refractivity contribution in [1.82, 2.24) is 0 Å². The molecule has 376 valence electrons. The summed E-state index contributed by atoms with van der Waals surface area (Å²) in [7, 11) is 0. The van der Waals surface area contributed by atoms with Crippen LogP contribution in [0, 0.1) is 0 Å². The number of hydrogen-bond acceptors (Lipinski definition) is 6. The van der Waals surface area contributed by atoms with Crippen molar-refractivity contribution in [3.8, 4) is 0 Å². The minimum atomic E-state index is -0.813. The molecule has 0 bridgehead atoms. The molecule has 0 N–H and O–H groups in total. The number of unbranched alkanes of at least 4 members (excludes halogenated alkanes) is 21. The summed E-state index contributed by atoms with van der Waals surface area (Å²) in [4.78, 5) is 38.0. The van der Waals surface area contributed by atoms with Gasteiger partial charge in [-0.05, 0) is 116 Å². The number of ether oxygens (including phenoxy) is 3. The summed E-state index contributed by atoms with van der Waals surface area (Å²) in [6.45, 7) is 6.42. The molecule has 0 fully saturated rings. The van der Waals surface area contributed by atoms with Gasteiger partial charge in [0.25, 0.3) is 0 Å². The summed E-state index contributed by atoms with van der Waals surface area (Å²) >= 11 is 0. The lowest BCUT2D eigenvalue weighted by Crippen LogP contribution is -2.30. The highest BCUT2D eigenvalue weighted by Crippen LogP contribution is 2.14. The fourth-order valence-corrected chi connectivity index (χ4v) is 7.21. The zero-order valence-electron chi connectivity index (χ0n) is 42.9. The molecule has 0 saturated heterocycles. The Balaban J connectivity index is 4.46. The van der Waals surface area contributed by atoms with Gasteiger partial charge in [-0.15, -0.1) is 0 Å². The molecule has 0 unspecified atom stereocenters.